The second-order valence-electron chi connectivity index (χ2n) is 7.09. The minimum atomic E-state index is -0.739. The van der Waals surface area contributed by atoms with E-state index >= 15 is 0 Å². The van der Waals surface area contributed by atoms with E-state index < -0.39 is 5.54 Å². The predicted molar refractivity (Wildman–Crippen MR) is 83.3 cm³/mol. The van der Waals surface area contributed by atoms with Gasteiger partial charge in [0.25, 0.3) is 5.91 Å². The highest BCUT2D eigenvalue weighted by molar-refractivity contribution is 6.07. The fraction of sp³-hybridized carbons (Fsp3) is 0.556. The molecule has 0 bridgehead atoms. The molecule has 2 N–H and O–H groups in total. The fourth-order valence-electron chi connectivity index (χ4n) is 4.92. The second-order valence-corrected chi connectivity index (χ2v) is 7.09. The van der Waals surface area contributed by atoms with Gasteiger partial charge in [-0.25, -0.2) is 4.79 Å². The van der Waals surface area contributed by atoms with Crippen LogP contribution in [0.25, 0.3) is 0 Å². The van der Waals surface area contributed by atoms with Crippen molar-refractivity contribution in [1.82, 2.24) is 10.6 Å². The Morgan fingerprint density at radius 2 is 1.73 bits per heavy atom. The summed E-state index contributed by atoms with van der Waals surface area (Å²) in [6.07, 6.45) is 6.80. The van der Waals surface area contributed by atoms with E-state index in [2.05, 4.69) is 22.8 Å². The molecule has 3 amide bonds. The number of amides is 3. The summed E-state index contributed by atoms with van der Waals surface area (Å²) >= 11 is 0. The van der Waals surface area contributed by atoms with Crippen molar-refractivity contribution in [3.05, 3.63) is 35.9 Å². The smallest absolute Gasteiger partial charge is 0.322 e. The molecule has 4 rings (SSSR count). The van der Waals surface area contributed by atoms with Crippen LogP contribution in [0, 0.1) is 11.8 Å². The molecule has 22 heavy (non-hydrogen) atoms. The largest absolute Gasteiger partial charge is 0.323 e. The molecular weight excluding hydrogens is 276 g/mol. The van der Waals surface area contributed by atoms with Crippen LogP contribution in [0.3, 0.4) is 0 Å². The first-order valence-corrected chi connectivity index (χ1v) is 8.37. The SMILES string of the molecule is O=C1NC(=O)[C@@]2(C[C@H]3CCCC[C@H]3C[C@H]2c2ccccc2)N1. The molecule has 1 aromatic rings. The minimum absolute atomic E-state index is 0.0829. The van der Waals surface area contributed by atoms with E-state index in [1.54, 1.807) is 0 Å². The first kappa shape index (κ1) is 13.8. The molecular formula is C18H22N2O2. The number of nitrogens with one attached hydrogen (secondary N) is 2. The lowest BCUT2D eigenvalue weighted by Crippen LogP contribution is -2.57. The van der Waals surface area contributed by atoms with Crippen LogP contribution in [0.2, 0.25) is 0 Å². The van der Waals surface area contributed by atoms with E-state index in [1.807, 2.05) is 18.2 Å². The molecule has 1 spiro atoms. The van der Waals surface area contributed by atoms with Crippen LogP contribution in [0.15, 0.2) is 30.3 Å². The average molecular weight is 298 g/mol. The van der Waals surface area contributed by atoms with Crippen molar-refractivity contribution in [2.24, 2.45) is 11.8 Å². The Bertz CT molecular complexity index is 600. The highest BCUT2D eigenvalue weighted by Crippen LogP contribution is 2.51. The van der Waals surface area contributed by atoms with Crippen LogP contribution >= 0.6 is 0 Å². The Balaban J connectivity index is 1.75. The van der Waals surface area contributed by atoms with Crippen molar-refractivity contribution < 1.29 is 9.59 Å². The third-order valence-electron chi connectivity index (χ3n) is 5.95. The summed E-state index contributed by atoms with van der Waals surface area (Å²) < 4.78 is 0. The number of fused-ring (bicyclic) bond motifs is 1. The number of urea groups is 1. The van der Waals surface area contributed by atoms with Gasteiger partial charge in [0.2, 0.25) is 0 Å². The molecule has 0 unspecified atom stereocenters. The van der Waals surface area contributed by atoms with E-state index in [-0.39, 0.29) is 17.9 Å². The lowest BCUT2D eigenvalue weighted by molar-refractivity contribution is -0.127. The monoisotopic (exact) mass is 298 g/mol. The summed E-state index contributed by atoms with van der Waals surface area (Å²) in [5.74, 6) is 1.21. The van der Waals surface area contributed by atoms with Crippen LogP contribution in [0.1, 0.15) is 50.0 Å². The maximum Gasteiger partial charge on any atom is 0.322 e. The van der Waals surface area contributed by atoms with Crippen LogP contribution in [0.5, 0.6) is 0 Å². The number of benzene rings is 1. The number of imide groups is 1. The molecule has 0 radical (unpaired) electrons. The lowest BCUT2D eigenvalue weighted by atomic mass is 9.58. The molecule has 3 fully saturated rings. The summed E-state index contributed by atoms with van der Waals surface area (Å²) in [5, 5.41) is 5.48. The first-order chi connectivity index (χ1) is 10.7. The third kappa shape index (κ3) is 2.04. The van der Waals surface area contributed by atoms with Crippen molar-refractivity contribution in [2.75, 3.05) is 0 Å². The van der Waals surface area contributed by atoms with Crippen molar-refractivity contribution in [3.8, 4) is 0 Å². The molecule has 1 saturated heterocycles. The summed E-state index contributed by atoms with van der Waals surface area (Å²) in [6, 6.07) is 9.88. The van der Waals surface area contributed by atoms with Gasteiger partial charge in [-0.05, 0) is 30.2 Å². The van der Waals surface area contributed by atoms with Crippen molar-refractivity contribution >= 4 is 11.9 Å². The van der Waals surface area contributed by atoms with Crippen LogP contribution < -0.4 is 10.6 Å². The van der Waals surface area contributed by atoms with Gasteiger partial charge in [0, 0.05) is 5.92 Å². The van der Waals surface area contributed by atoms with Crippen LogP contribution in [-0.4, -0.2) is 17.5 Å². The lowest BCUT2D eigenvalue weighted by Gasteiger charge is -2.48. The quantitative estimate of drug-likeness (QED) is 0.783. The van der Waals surface area contributed by atoms with Gasteiger partial charge in [0.1, 0.15) is 5.54 Å². The zero-order chi connectivity index (χ0) is 15.2. The van der Waals surface area contributed by atoms with E-state index in [0.717, 1.165) is 12.8 Å². The van der Waals surface area contributed by atoms with E-state index in [4.69, 9.17) is 0 Å². The maximum atomic E-state index is 12.6. The van der Waals surface area contributed by atoms with Gasteiger partial charge in [-0.15, -0.1) is 0 Å². The number of hydrogen-bond donors (Lipinski definition) is 2. The van der Waals surface area contributed by atoms with Gasteiger partial charge >= 0.3 is 6.03 Å². The summed E-state index contributed by atoms with van der Waals surface area (Å²) in [4.78, 5) is 24.4. The second kappa shape index (κ2) is 5.11. The van der Waals surface area contributed by atoms with Gasteiger partial charge in [-0.1, -0.05) is 56.0 Å². The molecule has 1 heterocycles. The van der Waals surface area contributed by atoms with Gasteiger partial charge in [0.15, 0.2) is 0 Å². The van der Waals surface area contributed by atoms with Crippen LogP contribution in [0.4, 0.5) is 4.79 Å². The van der Waals surface area contributed by atoms with Gasteiger partial charge < -0.3 is 5.32 Å². The molecule has 2 saturated carbocycles. The molecule has 2 aliphatic carbocycles. The standard InChI is InChI=1S/C18H22N2O2/c21-16-18(20-17(22)19-16)11-14-9-5-4-8-13(14)10-15(18)12-6-2-1-3-7-12/h1-3,6-7,13-15H,4-5,8-11H2,(H2,19,20,21,22)/t13-,14+,15-,18-/m0/s1. The maximum absolute atomic E-state index is 12.6. The van der Waals surface area contributed by atoms with E-state index in [9.17, 15) is 9.59 Å². The summed E-state index contributed by atoms with van der Waals surface area (Å²) in [6.45, 7) is 0. The molecule has 4 atom stereocenters. The topological polar surface area (TPSA) is 58.2 Å². The van der Waals surface area contributed by atoms with Crippen molar-refractivity contribution in [2.45, 2.75) is 50.0 Å². The molecule has 1 aromatic carbocycles. The number of carbonyl (C=O) groups is 2. The highest BCUT2D eigenvalue weighted by atomic mass is 16.2. The van der Waals surface area contributed by atoms with Gasteiger partial charge in [-0.3, -0.25) is 10.1 Å². The molecule has 3 aliphatic rings. The Morgan fingerprint density at radius 1 is 1.00 bits per heavy atom. The third-order valence-corrected chi connectivity index (χ3v) is 5.95. The number of hydrogen-bond acceptors (Lipinski definition) is 2. The average Bonchev–Trinajstić information content (AvgIpc) is 2.81. The zero-order valence-electron chi connectivity index (χ0n) is 12.7. The zero-order valence-corrected chi connectivity index (χ0v) is 12.7. The predicted octanol–water partition coefficient (Wildman–Crippen LogP) is 2.95. The molecule has 4 nitrogen and oxygen atoms in total. The molecule has 4 heteroatoms. The Morgan fingerprint density at radius 3 is 2.41 bits per heavy atom. The number of carbonyl (C=O) groups excluding carboxylic acids is 2. The van der Waals surface area contributed by atoms with Gasteiger partial charge in [0.05, 0.1) is 0 Å². The molecule has 116 valence electrons. The van der Waals surface area contributed by atoms with Crippen molar-refractivity contribution in [3.63, 3.8) is 0 Å². The Kier molecular flexibility index (Phi) is 3.21. The fourth-order valence-corrected chi connectivity index (χ4v) is 4.92. The van der Waals surface area contributed by atoms with Gasteiger partial charge in [-0.2, -0.15) is 0 Å². The van der Waals surface area contributed by atoms with E-state index in [1.165, 1.54) is 31.2 Å². The molecule has 1 aliphatic heterocycles. The summed E-state index contributed by atoms with van der Waals surface area (Å²) in [7, 11) is 0. The van der Waals surface area contributed by atoms with Crippen molar-refractivity contribution in [1.29, 1.82) is 0 Å². The molecule has 0 aromatic heterocycles. The Hall–Kier alpha value is -1.84. The summed E-state index contributed by atoms with van der Waals surface area (Å²) in [5.41, 5.74) is 0.431. The van der Waals surface area contributed by atoms with E-state index in [0.29, 0.717) is 11.8 Å². The minimum Gasteiger partial charge on any atom is -0.323 e. The first-order valence-electron chi connectivity index (χ1n) is 8.37. The normalized spacial score (nSPS) is 37.5. The van der Waals surface area contributed by atoms with Crippen LogP contribution in [-0.2, 0) is 4.79 Å². The highest BCUT2D eigenvalue weighted by Gasteiger charge is 2.57. The number of rotatable bonds is 1. The Labute approximate surface area is 130 Å².